The van der Waals surface area contributed by atoms with Gasteiger partial charge >= 0.3 is 0 Å². The molecule has 0 N–H and O–H groups in total. The van der Waals surface area contributed by atoms with Crippen molar-refractivity contribution in [2.24, 2.45) is 23.2 Å². The number of carbonyl (C=O) groups excluding carboxylic acids is 3. The monoisotopic (exact) mass is 336 g/mol. The number of hydrogen-bond acceptors (Lipinski definition) is 5. The molecular weight excluding hydrogens is 320 g/mol. The zero-order valence-corrected chi connectivity index (χ0v) is 13.9. The van der Waals surface area contributed by atoms with Crippen LogP contribution < -0.4 is 4.74 Å². The highest BCUT2D eigenvalue weighted by Gasteiger charge is 2.97. The van der Waals surface area contributed by atoms with Gasteiger partial charge in [0.25, 0.3) is 0 Å². The molecule has 6 atom stereocenters. The Morgan fingerprint density at radius 3 is 2.72 bits per heavy atom. The van der Waals surface area contributed by atoms with Crippen LogP contribution >= 0.6 is 0 Å². The van der Waals surface area contributed by atoms with Crippen molar-refractivity contribution in [3.63, 3.8) is 0 Å². The highest BCUT2D eigenvalue weighted by Crippen LogP contribution is 2.78. The number of Topliss-reactive ketones (excluding diaryl/α,β-unsaturated/α-hetero) is 3. The zero-order chi connectivity index (χ0) is 17.4. The van der Waals surface area contributed by atoms with E-state index in [-0.39, 0.29) is 34.9 Å². The predicted octanol–water partition coefficient (Wildman–Crippen LogP) is 1.99. The summed E-state index contributed by atoms with van der Waals surface area (Å²) in [4.78, 5) is 40.4. The van der Waals surface area contributed by atoms with Crippen molar-refractivity contribution < 1.29 is 23.9 Å². The molecule has 0 spiro atoms. The quantitative estimate of drug-likeness (QED) is 0.445. The third-order valence-electron chi connectivity index (χ3n) is 7.38. The SMILES string of the molecule is COc1cccc2c1C(=O)[C@]13O[C@@]1(C2=O)[C@@H]1[C@@H]2C=C[C@@H](C2)[C@]1(C)C3=O. The number of methoxy groups -OCH3 is 1. The van der Waals surface area contributed by atoms with E-state index in [2.05, 4.69) is 12.2 Å². The molecule has 0 aromatic heterocycles. The van der Waals surface area contributed by atoms with Gasteiger partial charge in [-0.05, 0) is 24.3 Å². The number of ketones is 3. The first-order valence-electron chi connectivity index (χ1n) is 8.64. The Morgan fingerprint density at radius 2 is 1.96 bits per heavy atom. The topological polar surface area (TPSA) is 73.0 Å². The van der Waals surface area contributed by atoms with E-state index < -0.39 is 22.4 Å². The Hall–Kier alpha value is -2.27. The second kappa shape index (κ2) is 3.63. The van der Waals surface area contributed by atoms with Crippen molar-refractivity contribution in [2.75, 3.05) is 7.11 Å². The fourth-order valence-corrected chi connectivity index (χ4v) is 6.39. The van der Waals surface area contributed by atoms with Crippen LogP contribution in [-0.2, 0) is 9.53 Å². The normalized spacial score (nSPS) is 47.4. The number of ether oxygens (including phenoxy) is 2. The smallest absolute Gasteiger partial charge is 0.227 e. The maximum Gasteiger partial charge on any atom is 0.227 e. The Kier molecular flexibility index (Phi) is 2.03. The van der Waals surface area contributed by atoms with Gasteiger partial charge in [-0.15, -0.1) is 0 Å². The van der Waals surface area contributed by atoms with Crippen LogP contribution in [0.1, 0.15) is 34.1 Å². The molecule has 126 valence electrons. The molecule has 25 heavy (non-hydrogen) atoms. The minimum atomic E-state index is -1.63. The molecule has 4 aliphatic carbocycles. The highest BCUT2D eigenvalue weighted by atomic mass is 16.7. The van der Waals surface area contributed by atoms with Gasteiger partial charge in [0.1, 0.15) is 5.75 Å². The lowest BCUT2D eigenvalue weighted by Gasteiger charge is -2.35. The summed E-state index contributed by atoms with van der Waals surface area (Å²) >= 11 is 0. The summed E-state index contributed by atoms with van der Waals surface area (Å²) in [6.07, 6.45) is 5.03. The molecule has 3 fully saturated rings. The number of allylic oxidation sites excluding steroid dienone is 2. The summed E-state index contributed by atoms with van der Waals surface area (Å²) in [6, 6.07) is 4.98. The van der Waals surface area contributed by atoms with Crippen LogP contribution in [0, 0.1) is 23.2 Å². The molecule has 1 heterocycles. The molecule has 1 saturated heterocycles. The van der Waals surface area contributed by atoms with Crippen LogP contribution in [-0.4, -0.2) is 35.7 Å². The lowest BCUT2D eigenvalue weighted by molar-refractivity contribution is -0.135. The van der Waals surface area contributed by atoms with E-state index in [1.54, 1.807) is 18.2 Å². The van der Waals surface area contributed by atoms with Crippen LogP contribution in [0.15, 0.2) is 30.4 Å². The van der Waals surface area contributed by atoms with E-state index in [1.807, 2.05) is 6.92 Å². The van der Waals surface area contributed by atoms with E-state index in [4.69, 9.17) is 9.47 Å². The van der Waals surface area contributed by atoms with Crippen LogP contribution in [0.5, 0.6) is 5.75 Å². The molecule has 6 rings (SSSR count). The first-order chi connectivity index (χ1) is 11.9. The van der Waals surface area contributed by atoms with Crippen molar-refractivity contribution in [3.8, 4) is 5.75 Å². The predicted molar refractivity (Wildman–Crippen MR) is 85.5 cm³/mol. The maximum atomic E-state index is 13.5. The molecule has 1 aliphatic heterocycles. The Bertz CT molecular complexity index is 961. The van der Waals surface area contributed by atoms with E-state index >= 15 is 0 Å². The molecule has 5 nitrogen and oxygen atoms in total. The number of epoxide rings is 1. The number of benzene rings is 1. The van der Waals surface area contributed by atoms with Gasteiger partial charge in [-0.25, -0.2) is 0 Å². The molecule has 1 aromatic rings. The third-order valence-corrected chi connectivity index (χ3v) is 7.38. The number of fused-ring (bicyclic) bond motifs is 6. The molecule has 0 radical (unpaired) electrons. The van der Waals surface area contributed by atoms with Gasteiger partial charge in [-0.1, -0.05) is 31.2 Å². The van der Waals surface area contributed by atoms with Gasteiger partial charge in [0, 0.05) is 16.9 Å². The van der Waals surface area contributed by atoms with Crippen molar-refractivity contribution in [1.82, 2.24) is 0 Å². The van der Waals surface area contributed by atoms with Crippen LogP contribution in [0.3, 0.4) is 0 Å². The van der Waals surface area contributed by atoms with Gasteiger partial charge in [0.15, 0.2) is 17.2 Å². The number of carbonyl (C=O) groups is 3. The second-order valence-corrected chi connectivity index (χ2v) is 8.04. The van der Waals surface area contributed by atoms with Crippen LogP contribution in [0.4, 0.5) is 0 Å². The lowest BCUT2D eigenvalue weighted by Crippen LogP contribution is -2.48. The number of rotatable bonds is 1. The van der Waals surface area contributed by atoms with Crippen molar-refractivity contribution in [1.29, 1.82) is 0 Å². The summed E-state index contributed by atoms with van der Waals surface area (Å²) in [5.41, 5.74) is -3.12. The fraction of sp³-hybridized carbons (Fsp3) is 0.450. The van der Waals surface area contributed by atoms with Gasteiger partial charge in [0.2, 0.25) is 11.4 Å². The van der Waals surface area contributed by atoms with E-state index in [0.717, 1.165) is 6.42 Å². The summed E-state index contributed by atoms with van der Waals surface area (Å²) in [7, 11) is 1.46. The Morgan fingerprint density at radius 1 is 1.16 bits per heavy atom. The van der Waals surface area contributed by atoms with Crippen molar-refractivity contribution >= 4 is 17.3 Å². The molecule has 2 bridgehead atoms. The molecule has 2 saturated carbocycles. The van der Waals surface area contributed by atoms with Gasteiger partial charge in [0.05, 0.1) is 12.7 Å². The minimum Gasteiger partial charge on any atom is -0.496 e. The molecule has 0 unspecified atom stereocenters. The van der Waals surface area contributed by atoms with Crippen LogP contribution in [0.2, 0.25) is 0 Å². The summed E-state index contributed by atoms with van der Waals surface area (Å²) < 4.78 is 11.2. The average molecular weight is 336 g/mol. The van der Waals surface area contributed by atoms with Gasteiger partial charge in [-0.3, -0.25) is 14.4 Å². The first-order valence-corrected chi connectivity index (χ1v) is 8.64. The van der Waals surface area contributed by atoms with E-state index in [9.17, 15) is 14.4 Å². The first kappa shape index (κ1) is 14.0. The molecule has 5 aliphatic rings. The zero-order valence-electron chi connectivity index (χ0n) is 13.9. The fourth-order valence-electron chi connectivity index (χ4n) is 6.39. The van der Waals surface area contributed by atoms with Crippen molar-refractivity contribution in [3.05, 3.63) is 41.5 Å². The summed E-state index contributed by atoms with van der Waals surface area (Å²) in [6.45, 7) is 1.92. The van der Waals surface area contributed by atoms with E-state index in [0.29, 0.717) is 11.3 Å². The summed E-state index contributed by atoms with van der Waals surface area (Å²) in [5.74, 6) is -0.569. The van der Waals surface area contributed by atoms with Gasteiger partial charge < -0.3 is 9.47 Å². The minimum absolute atomic E-state index is 0.0869. The largest absolute Gasteiger partial charge is 0.496 e. The highest BCUT2D eigenvalue weighted by molar-refractivity contribution is 6.37. The Balaban J connectivity index is 1.66. The van der Waals surface area contributed by atoms with Gasteiger partial charge in [-0.2, -0.15) is 0 Å². The molecule has 1 aromatic carbocycles. The van der Waals surface area contributed by atoms with Crippen molar-refractivity contribution in [2.45, 2.75) is 24.5 Å². The molecule has 0 amide bonds. The average Bonchev–Trinajstić information content (AvgIpc) is 2.86. The molecule has 5 heteroatoms. The third kappa shape index (κ3) is 1.05. The standard InChI is InChI=1S/C20H16O5/c1-18-10-7-6-9(8-10)14(18)19-15(21)11-4-3-5-12(24-2)13(11)16(22)20(19,25-19)17(18)23/h3-7,9-10,14H,8H2,1-2H3/t9-,10+,14-,18+,19-,20-/m1/s1. The summed E-state index contributed by atoms with van der Waals surface area (Å²) in [5, 5.41) is 0. The molecular formula is C20H16O5. The van der Waals surface area contributed by atoms with E-state index in [1.165, 1.54) is 7.11 Å². The number of hydrogen-bond donors (Lipinski definition) is 0. The van der Waals surface area contributed by atoms with Crippen LogP contribution in [0.25, 0.3) is 0 Å². The Labute approximate surface area is 144 Å². The second-order valence-electron chi connectivity index (χ2n) is 8.04. The maximum absolute atomic E-state index is 13.5. The lowest BCUT2D eigenvalue weighted by atomic mass is 9.67.